The van der Waals surface area contributed by atoms with Crippen molar-refractivity contribution < 1.29 is 9.53 Å². The molecule has 1 aliphatic rings. The van der Waals surface area contributed by atoms with Gasteiger partial charge in [-0.25, -0.2) is 9.97 Å². The number of carbonyl (C=O) groups is 1. The van der Waals surface area contributed by atoms with Crippen molar-refractivity contribution in [2.24, 2.45) is 0 Å². The number of aromatic nitrogens is 2. The maximum atomic E-state index is 11.8. The molecule has 1 saturated carbocycles. The minimum atomic E-state index is -0.276. The highest BCUT2D eigenvalue weighted by Crippen LogP contribution is 2.21. The first-order valence-electron chi connectivity index (χ1n) is 6.53. The number of carbonyl (C=O) groups excluding carboxylic acids is 1. The molecule has 2 rings (SSSR count). The smallest absolute Gasteiger partial charge is 0.324 e. The van der Waals surface area contributed by atoms with Crippen molar-refractivity contribution >= 4 is 17.7 Å². The lowest BCUT2D eigenvalue weighted by Crippen LogP contribution is -2.41. The number of ether oxygens (including phenoxy) is 1. The molecule has 0 bridgehead atoms. The molecule has 19 heavy (non-hydrogen) atoms. The van der Waals surface area contributed by atoms with Gasteiger partial charge in [0.2, 0.25) is 0 Å². The monoisotopic (exact) mass is 281 g/mol. The Labute approximate surface area is 117 Å². The summed E-state index contributed by atoms with van der Waals surface area (Å²) in [6.07, 6.45) is 5.84. The lowest BCUT2D eigenvalue weighted by atomic mass is 10.3. The van der Waals surface area contributed by atoms with Crippen molar-refractivity contribution in [2.75, 3.05) is 12.4 Å². The fraction of sp³-hybridized carbons (Fsp3) is 0.615. The van der Waals surface area contributed by atoms with Crippen molar-refractivity contribution in [1.29, 1.82) is 0 Å². The van der Waals surface area contributed by atoms with Gasteiger partial charge < -0.3 is 10.1 Å². The summed E-state index contributed by atoms with van der Waals surface area (Å²) in [4.78, 5) is 20.3. The number of esters is 1. The molecule has 1 aromatic rings. The Balaban J connectivity index is 1.87. The van der Waals surface area contributed by atoms with Gasteiger partial charge in [-0.15, -0.1) is 0 Å². The van der Waals surface area contributed by atoms with Crippen LogP contribution in [-0.4, -0.2) is 40.4 Å². The van der Waals surface area contributed by atoms with Crippen LogP contribution < -0.4 is 5.32 Å². The summed E-state index contributed by atoms with van der Waals surface area (Å²) < 4.78 is 5.08. The van der Waals surface area contributed by atoms with Gasteiger partial charge in [-0.1, -0.05) is 11.8 Å². The van der Waals surface area contributed by atoms with Gasteiger partial charge >= 0.3 is 5.97 Å². The summed E-state index contributed by atoms with van der Waals surface area (Å²) >= 11 is 1.48. The minimum absolute atomic E-state index is 0.186. The Morgan fingerprint density at radius 3 is 2.79 bits per heavy atom. The van der Waals surface area contributed by atoms with Crippen molar-refractivity contribution in [1.82, 2.24) is 15.3 Å². The maximum absolute atomic E-state index is 11.8. The molecule has 1 atom stereocenters. The van der Waals surface area contributed by atoms with Crippen LogP contribution in [0.4, 0.5) is 0 Å². The Morgan fingerprint density at radius 1 is 1.53 bits per heavy atom. The fourth-order valence-corrected chi connectivity index (χ4v) is 2.38. The standard InChI is InChI=1S/C13H19N3O2S/c1-3-18-12(17)11(16-10-4-5-10)8-19-13-14-6-9(2)7-15-13/h6-7,10-11,16H,3-5,8H2,1-2H3. The molecule has 0 aliphatic heterocycles. The fourth-order valence-electron chi connectivity index (χ4n) is 1.57. The molecule has 6 heteroatoms. The third kappa shape index (κ3) is 4.80. The molecule has 0 amide bonds. The van der Waals surface area contributed by atoms with Crippen LogP contribution in [0.5, 0.6) is 0 Å². The van der Waals surface area contributed by atoms with Gasteiger partial charge in [0.1, 0.15) is 6.04 Å². The largest absolute Gasteiger partial charge is 0.465 e. The molecule has 0 saturated heterocycles. The predicted octanol–water partition coefficient (Wildman–Crippen LogP) is 1.56. The summed E-state index contributed by atoms with van der Waals surface area (Å²) in [5, 5.41) is 4.00. The van der Waals surface area contributed by atoms with E-state index in [-0.39, 0.29) is 12.0 Å². The highest BCUT2D eigenvalue weighted by Gasteiger charge is 2.29. The maximum Gasteiger partial charge on any atom is 0.324 e. The highest BCUT2D eigenvalue weighted by atomic mass is 32.2. The summed E-state index contributed by atoms with van der Waals surface area (Å²) in [5.41, 5.74) is 1.03. The number of rotatable bonds is 7. The molecule has 104 valence electrons. The van der Waals surface area contributed by atoms with E-state index in [2.05, 4.69) is 15.3 Å². The second-order valence-electron chi connectivity index (χ2n) is 4.60. The van der Waals surface area contributed by atoms with Crippen LogP contribution in [0.25, 0.3) is 0 Å². The first-order chi connectivity index (χ1) is 9.19. The van der Waals surface area contributed by atoms with Crippen LogP contribution in [-0.2, 0) is 9.53 Å². The van der Waals surface area contributed by atoms with Crippen LogP contribution in [0.3, 0.4) is 0 Å². The van der Waals surface area contributed by atoms with E-state index in [4.69, 9.17) is 4.74 Å². The number of hydrogen-bond acceptors (Lipinski definition) is 6. The molecule has 0 aromatic carbocycles. The van der Waals surface area contributed by atoms with E-state index in [1.54, 1.807) is 12.4 Å². The number of nitrogens with zero attached hydrogens (tertiary/aromatic N) is 2. The van der Waals surface area contributed by atoms with Gasteiger partial charge in [-0.2, -0.15) is 0 Å². The van der Waals surface area contributed by atoms with Crippen LogP contribution in [0.2, 0.25) is 0 Å². The lowest BCUT2D eigenvalue weighted by molar-refractivity contribution is -0.145. The molecule has 1 fully saturated rings. The normalized spacial score (nSPS) is 16.1. The van der Waals surface area contributed by atoms with E-state index in [9.17, 15) is 4.79 Å². The first-order valence-corrected chi connectivity index (χ1v) is 7.51. The quantitative estimate of drug-likeness (QED) is 0.465. The SMILES string of the molecule is CCOC(=O)C(CSc1ncc(C)cn1)NC1CC1. The summed E-state index contributed by atoms with van der Waals surface area (Å²) in [5.74, 6) is 0.410. The van der Waals surface area contributed by atoms with Crippen LogP contribution in [0.15, 0.2) is 17.6 Å². The first kappa shape index (κ1) is 14.3. The number of aryl methyl sites for hydroxylation is 1. The minimum Gasteiger partial charge on any atom is -0.465 e. The third-order valence-electron chi connectivity index (χ3n) is 2.72. The molecule has 1 heterocycles. The van der Waals surface area contributed by atoms with Gasteiger partial charge in [0.25, 0.3) is 0 Å². The molecule has 0 spiro atoms. The van der Waals surface area contributed by atoms with E-state index >= 15 is 0 Å². The van der Waals surface area contributed by atoms with E-state index in [1.165, 1.54) is 11.8 Å². The van der Waals surface area contributed by atoms with Crippen molar-refractivity contribution in [3.05, 3.63) is 18.0 Å². The van der Waals surface area contributed by atoms with Gasteiger partial charge in [-0.05, 0) is 32.3 Å². The summed E-state index contributed by atoms with van der Waals surface area (Å²) in [6.45, 7) is 4.18. The molecular weight excluding hydrogens is 262 g/mol. The molecule has 1 aromatic heterocycles. The van der Waals surface area contributed by atoms with E-state index in [0.717, 1.165) is 18.4 Å². The molecule has 5 nitrogen and oxygen atoms in total. The molecule has 0 radical (unpaired) electrons. The van der Waals surface area contributed by atoms with Crippen molar-refractivity contribution in [2.45, 2.75) is 43.9 Å². The molecular formula is C13H19N3O2S. The molecule has 1 N–H and O–H groups in total. The van der Waals surface area contributed by atoms with Gasteiger partial charge in [0.15, 0.2) is 5.16 Å². The number of thioether (sulfide) groups is 1. The summed E-state index contributed by atoms with van der Waals surface area (Å²) in [6, 6.07) is 0.191. The zero-order valence-electron chi connectivity index (χ0n) is 11.3. The Hall–Kier alpha value is -1.14. The van der Waals surface area contributed by atoms with E-state index in [1.807, 2.05) is 13.8 Å². The van der Waals surface area contributed by atoms with E-state index in [0.29, 0.717) is 23.6 Å². The third-order valence-corrected chi connectivity index (χ3v) is 3.69. The van der Waals surface area contributed by atoms with Gasteiger partial charge in [0.05, 0.1) is 6.61 Å². The Morgan fingerprint density at radius 2 is 2.21 bits per heavy atom. The highest BCUT2D eigenvalue weighted by molar-refractivity contribution is 7.99. The van der Waals surface area contributed by atoms with Crippen molar-refractivity contribution in [3.8, 4) is 0 Å². The lowest BCUT2D eigenvalue weighted by Gasteiger charge is -2.16. The molecule has 1 unspecified atom stereocenters. The zero-order chi connectivity index (χ0) is 13.7. The molecule has 1 aliphatic carbocycles. The second kappa shape index (κ2) is 6.86. The number of hydrogen-bond donors (Lipinski definition) is 1. The van der Waals surface area contributed by atoms with Crippen molar-refractivity contribution in [3.63, 3.8) is 0 Å². The van der Waals surface area contributed by atoms with Gasteiger partial charge in [-0.3, -0.25) is 4.79 Å². The second-order valence-corrected chi connectivity index (χ2v) is 5.59. The Bertz CT molecular complexity index is 420. The summed E-state index contributed by atoms with van der Waals surface area (Å²) in [7, 11) is 0. The van der Waals surface area contributed by atoms with Crippen LogP contribution in [0, 0.1) is 6.92 Å². The zero-order valence-corrected chi connectivity index (χ0v) is 12.1. The average molecular weight is 281 g/mol. The predicted molar refractivity (Wildman–Crippen MR) is 74.1 cm³/mol. The topological polar surface area (TPSA) is 64.1 Å². The van der Waals surface area contributed by atoms with Gasteiger partial charge in [0, 0.05) is 24.2 Å². The van der Waals surface area contributed by atoms with Crippen LogP contribution in [0.1, 0.15) is 25.3 Å². The Kier molecular flexibility index (Phi) is 5.15. The van der Waals surface area contributed by atoms with E-state index < -0.39 is 0 Å². The average Bonchev–Trinajstić information content (AvgIpc) is 3.20. The number of nitrogens with one attached hydrogen (secondary N) is 1. The van der Waals surface area contributed by atoms with Crippen LogP contribution >= 0.6 is 11.8 Å².